The van der Waals surface area contributed by atoms with Crippen molar-refractivity contribution in [3.8, 4) is 17.1 Å². The second-order valence-electron chi connectivity index (χ2n) is 6.60. The minimum absolute atomic E-state index is 0.00812. The van der Waals surface area contributed by atoms with Gasteiger partial charge in [-0.05, 0) is 37.3 Å². The fourth-order valence-corrected chi connectivity index (χ4v) is 3.98. The van der Waals surface area contributed by atoms with Crippen LogP contribution < -0.4 is 4.31 Å². The summed E-state index contributed by atoms with van der Waals surface area (Å²) in [6, 6.07) is 7.25. The Hall–Kier alpha value is -3.11. The van der Waals surface area contributed by atoms with Crippen molar-refractivity contribution >= 4 is 32.6 Å². The number of sulfonamides is 1. The van der Waals surface area contributed by atoms with Gasteiger partial charge >= 0.3 is 5.97 Å². The highest BCUT2D eigenvalue weighted by molar-refractivity contribution is 7.92. The van der Waals surface area contributed by atoms with E-state index in [0.29, 0.717) is 5.56 Å². The van der Waals surface area contributed by atoms with E-state index in [-0.39, 0.29) is 34.5 Å². The van der Waals surface area contributed by atoms with Gasteiger partial charge in [0.25, 0.3) is 0 Å². The molecule has 0 radical (unpaired) electrons. The van der Waals surface area contributed by atoms with Crippen LogP contribution in [0.15, 0.2) is 40.8 Å². The maximum Gasteiger partial charge on any atom is 0.340 e. The fraction of sp³-hybridized carbons (Fsp3) is 0.211. The van der Waals surface area contributed by atoms with Gasteiger partial charge in [0.15, 0.2) is 0 Å². The molecule has 0 amide bonds. The van der Waals surface area contributed by atoms with Crippen LogP contribution in [0.3, 0.4) is 0 Å². The molecular formula is C19H18FNO7S. The summed E-state index contributed by atoms with van der Waals surface area (Å²) >= 11 is 0. The molecule has 154 valence electrons. The van der Waals surface area contributed by atoms with Crippen molar-refractivity contribution in [2.45, 2.75) is 13.0 Å². The van der Waals surface area contributed by atoms with E-state index in [1.54, 1.807) is 0 Å². The number of phenolic OH excluding ortho intramolecular Hbond substituents is 1. The summed E-state index contributed by atoms with van der Waals surface area (Å²) in [5.74, 6) is -2.41. The molecule has 3 rings (SSSR count). The predicted octanol–water partition coefficient (Wildman–Crippen LogP) is 2.79. The first-order chi connectivity index (χ1) is 13.5. The van der Waals surface area contributed by atoms with E-state index in [9.17, 15) is 32.9 Å². The van der Waals surface area contributed by atoms with E-state index < -0.39 is 33.7 Å². The van der Waals surface area contributed by atoms with Crippen molar-refractivity contribution in [2.24, 2.45) is 0 Å². The molecule has 0 aliphatic carbocycles. The van der Waals surface area contributed by atoms with Crippen LogP contribution in [0.2, 0.25) is 0 Å². The molecule has 1 unspecified atom stereocenters. The molecule has 0 spiro atoms. The monoisotopic (exact) mass is 423 g/mol. The summed E-state index contributed by atoms with van der Waals surface area (Å²) < 4.78 is 43.9. The number of halogens is 1. The lowest BCUT2D eigenvalue weighted by Gasteiger charge is -2.24. The van der Waals surface area contributed by atoms with Crippen LogP contribution in [0, 0.1) is 5.82 Å². The van der Waals surface area contributed by atoms with Gasteiger partial charge in [-0.2, -0.15) is 0 Å². The normalized spacial score (nSPS) is 12.8. The first-order valence-electron chi connectivity index (χ1n) is 8.43. The van der Waals surface area contributed by atoms with Crippen LogP contribution in [0.25, 0.3) is 22.3 Å². The SMILES string of the molecule is CC(O)CN(c1cc2oc(-c3ccc(F)cc3)c(C(=O)O)c2cc1O)S(C)(=O)=O. The molecule has 3 aromatic rings. The molecule has 0 bridgehead atoms. The molecule has 3 N–H and O–H groups in total. The number of aliphatic hydroxyl groups is 1. The van der Waals surface area contributed by atoms with Crippen LogP contribution in [0.5, 0.6) is 5.75 Å². The van der Waals surface area contributed by atoms with Crippen molar-refractivity contribution in [2.75, 3.05) is 17.1 Å². The Morgan fingerprint density at radius 2 is 1.86 bits per heavy atom. The molecule has 1 heterocycles. The number of hydrogen-bond acceptors (Lipinski definition) is 6. The third-order valence-electron chi connectivity index (χ3n) is 4.20. The molecule has 0 aliphatic rings. The van der Waals surface area contributed by atoms with E-state index in [2.05, 4.69) is 0 Å². The summed E-state index contributed by atoms with van der Waals surface area (Å²) in [4.78, 5) is 11.8. The zero-order valence-corrected chi connectivity index (χ0v) is 16.3. The maximum atomic E-state index is 13.2. The number of nitrogens with zero attached hydrogens (tertiary/aromatic N) is 1. The summed E-state index contributed by atoms with van der Waals surface area (Å²) in [7, 11) is -3.87. The fourth-order valence-electron chi connectivity index (χ4n) is 2.99. The maximum absolute atomic E-state index is 13.2. The number of phenols is 1. The number of rotatable bonds is 6. The Labute approximate surface area is 165 Å². The smallest absolute Gasteiger partial charge is 0.340 e. The number of fused-ring (bicyclic) bond motifs is 1. The quantitative estimate of drug-likeness (QED) is 0.556. The van der Waals surface area contributed by atoms with E-state index in [0.717, 1.165) is 28.8 Å². The van der Waals surface area contributed by atoms with Crippen LogP contribution in [-0.2, 0) is 10.0 Å². The molecule has 0 saturated carbocycles. The Balaban J connectivity index is 2.27. The summed E-state index contributed by atoms with van der Waals surface area (Å²) in [5.41, 5.74) is -0.120. The van der Waals surface area contributed by atoms with Crippen LogP contribution in [0.4, 0.5) is 10.1 Å². The van der Waals surface area contributed by atoms with E-state index in [4.69, 9.17) is 4.42 Å². The van der Waals surface area contributed by atoms with Gasteiger partial charge in [0, 0.05) is 17.0 Å². The first-order valence-corrected chi connectivity index (χ1v) is 10.3. The summed E-state index contributed by atoms with van der Waals surface area (Å²) in [6.45, 7) is 1.06. The van der Waals surface area contributed by atoms with E-state index in [1.807, 2.05) is 0 Å². The molecule has 2 aromatic carbocycles. The third-order valence-corrected chi connectivity index (χ3v) is 5.35. The van der Waals surface area contributed by atoms with Gasteiger partial charge in [0.1, 0.15) is 28.5 Å². The molecule has 0 aliphatic heterocycles. The lowest BCUT2D eigenvalue weighted by atomic mass is 10.0. The highest BCUT2D eigenvalue weighted by atomic mass is 32.2. The highest BCUT2D eigenvalue weighted by Crippen LogP contribution is 2.40. The average molecular weight is 423 g/mol. The van der Waals surface area contributed by atoms with Gasteiger partial charge in [-0.3, -0.25) is 4.31 Å². The first kappa shape index (κ1) is 20.6. The average Bonchev–Trinajstić information content (AvgIpc) is 2.97. The zero-order chi connectivity index (χ0) is 21.5. The third kappa shape index (κ3) is 4.03. The molecule has 10 heteroatoms. The van der Waals surface area contributed by atoms with Crippen molar-refractivity contribution in [1.82, 2.24) is 0 Å². The largest absolute Gasteiger partial charge is 0.506 e. The molecule has 1 atom stereocenters. The number of benzene rings is 2. The van der Waals surface area contributed by atoms with E-state index in [1.165, 1.54) is 25.1 Å². The topological polar surface area (TPSA) is 128 Å². The number of aromatic hydroxyl groups is 1. The number of carboxylic acid groups (broad SMARTS) is 1. The Morgan fingerprint density at radius 3 is 2.38 bits per heavy atom. The predicted molar refractivity (Wildman–Crippen MR) is 104 cm³/mol. The standard InChI is InChI=1S/C19H18FNO7S/c1-10(22)9-21(29(2,26)27)14-8-16-13(7-15(14)23)17(19(24)25)18(28-16)11-3-5-12(20)6-4-11/h3-8,10,22-23H,9H2,1-2H3,(H,24,25). The number of aromatic carboxylic acids is 1. The molecule has 29 heavy (non-hydrogen) atoms. The Kier molecular flexibility index (Phi) is 5.24. The van der Waals surface area contributed by atoms with Gasteiger partial charge in [0.2, 0.25) is 10.0 Å². The minimum Gasteiger partial charge on any atom is -0.506 e. The zero-order valence-electron chi connectivity index (χ0n) is 15.5. The summed E-state index contributed by atoms with van der Waals surface area (Å²) in [6.07, 6.45) is -0.117. The molecule has 0 saturated heterocycles. The van der Waals surface area contributed by atoms with Gasteiger partial charge in [0.05, 0.1) is 24.6 Å². The molecule has 1 aromatic heterocycles. The number of furan rings is 1. The van der Waals surface area contributed by atoms with Crippen molar-refractivity contribution in [1.29, 1.82) is 0 Å². The van der Waals surface area contributed by atoms with Crippen molar-refractivity contribution < 1.29 is 37.3 Å². The number of carbonyl (C=O) groups is 1. The van der Waals surface area contributed by atoms with Gasteiger partial charge in [-0.25, -0.2) is 17.6 Å². The minimum atomic E-state index is -3.87. The van der Waals surface area contributed by atoms with Crippen LogP contribution in [0.1, 0.15) is 17.3 Å². The van der Waals surface area contributed by atoms with Crippen molar-refractivity contribution in [3.63, 3.8) is 0 Å². The number of aliphatic hydroxyl groups excluding tert-OH is 1. The number of hydrogen-bond donors (Lipinski definition) is 3. The highest BCUT2D eigenvalue weighted by Gasteiger charge is 2.27. The molecular weight excluding hydrogens is 405 g/mol. The van der Waals surface area contributed by atoms with Crippen molar-refractivity contribution in [3.05, 3.63) is 47.8 Å². The van der Waals surface area contributed by atoms with Gasteiger partial charge < -0.3 is 19.7 Å². The second kappa shape index (κ2) is 7.37. The Bertz CT molecular complexity index is 1180. The Morgan fingerprint density at radius 1 is 1.24 bits per heavy atom. The molecule has 8 nitrogen and oxygen atoms in total. The number of carboxylic acids is 1. The van der Waals surface area contributed by atoms with Gasteiger partial charge in [-0.15, -0.1) is 0 Å². The number of anilines is 1. The van der Waals surface area contributed by atoms with Crippen LogP contribution >= 0.6 is 0 Å². The lowest BCUT2D eigenvalue weighted by molar-refractivity contribution is 0.0699. The van der Waals surface area contributed by atoms with Crippen LogP contribution in [-0.4, -0.2) is 48.6 Å². The summed E-state index contributed by atoms with van der Waals surface area (Å²) in [5, 5.41) is 29.7. The second-order valence-corrected chi connectivity index (χ2v) is 8.51. The lowest BCUT2D eigenvalue weighted by Crippen LogP contribution is -2.35. The van der Waals surface area contributed by atoms with Gasteiger partial charge in [-0.1, -0.05) is 0 Å². The molecule has 0 fully saturated rings. The van der Waals surface area contributed by atoms with E-state index >= 15 is 0 Å².